The van der Waals surface area contributed by atoms with Crippen LogP contribution in [0.1, 0.15) is 5.56 Å². The molecule has 29 heavy (non-hydrogen) atoms. The second-order valence-electron chi connectivity index (χ2n) is 6.14. The van der Waals surface area contributed by atoms with Gasteiger partial charge in [-0.2, -0.15) is 5.26 Å². The lowest BCUT2D eigenvalue weighted by Crippen LogP contribution is -2.14. The van der Waals surface area contributed by atoms with E-state index in [1.807, 2.05) is 12.1 Å². The third-order valence-electron chi connectivity index (χ3n) is 4.20. The monoisotopic (exact) mass is 403 g/mol. The lowest BCUT2D eigenvalue weighted by atomic mass is 10.1. The van der Waals surface area contributed by atoms with Gasteiger partial charge in [-0.1, -0.05) is 23.9 Å². The van der Waals surface area contributed by atoms with Gasteiger partial charge in [0.15, 0.2) is 0 Å². The fraction of sp³-hybridized carbons (Fsp3) is 0.0476. The minimum atomic E-state index is -0.319. The summed E-state index contributed by atoms with van der Waals surface area (Å²) in [6.07, 6.45) is 3.19. The average molecular weight is 403 g/mol. The molecule has 1 amide bonds. The molecular formula is C21H14FN5OS. The summed E-state index contributed by atoms with van der Waals surface area (Å²) in [7, 11) is 0. The molecule has 0 spiro atoms. The Bertz CT molecular complexity index is 1230. The van der Waals surface area contributed by atoms with Gasteiger partial charge in [0.25, 0.3) is 0 Å². The molecule has 0 aliphatic rings. The molecule has 6 nitrogen and oxygen atoms in total. The molecule has 0 aliphatic carbocycles. The Morgan fingerprint density at radius 2 is 2.03 bits per heavy atom. The van der Waals surface area contributed by atoms with Crippen molar-refractivity contribution in [3.8, 4) is 17.2 Å². The van der Waals surface area contributed by atoms with Gasteiger partial charge in [0.05, 0.1) is 22.9 Å². The van der Waals surface area contributed by atoms with E-state index in [-0.39, 0.29) is 17.5 Å². The number of fused-ring (bicyclic) bond motifs is 1. The minimum absolute atomic E-state index is 0.153. The molecule has 0 fully saturated rings. The molecule has 4 rings (SSSR count). The summed E-state index contributed by atoms with van der Waals surface area (Å²) in [5, 5.41) is 12.2. The number of thioether (sulfide) groups is 1. The normalized spacial score (nSPS) is 10.6. The molecule has 0 radical (unpaired) electrons. The maximum atomic E-state index is 13.6. The molecule has 4 aromatic rings. The maximum Gasteiger partial charge on any atom is 0.234 e. The average Bonchev–Trinajstić information content (AvgIpc) is 3.17. The highest BCUT2D eigenvalue weighted by atomic mass is 32.2. The molecule has 2 aromatic heterocycles. The zero-order chi connectivity index (χ0) is 20.2. The maximum absolute atomic E-state index is 13.6. The van der Waals surface area contributed by atoms with E-state index in [9.17, 15) is 9.18 Å². The van der Waals surface area contributed by atoms with Crippen LogP contribution in [0.2, 0.25) is 0 Å². The van der Waals surface area contributed by atoms with Crippen LogP contribution in [0.3, 0.4) is 0 Å². The first kappa shape index (κ1) is 18.7. The lowest BCUT2D eigenvalue weighted by Gasteiger charge is -2.05. The van der Waals surface area contributed by atoms with E-state index in [0.29, 0.717) is 32.9 Å². The fourth-order valence-corrected chi connectivity index (χ4v) is 3.62. The van der Waals surface area contributed by atoms with Crippen LogP contribution in [-0.2, 0) is 4.79 Å². The van der Waals surface area contributed by atoms with Gasteiger partial charge in [-0.15, -0.1) is 0 Å². The van der Waals surface area contributed by atoms with Crippen LogP contribution >= 0.6 is 11.8 Å². The van der Waals surface area contributed by atoms with Gasteiger partial charge < -0.3 is 10.3 Å². The van der Waals surface area contributed by atoms with Crippen molar-refractivity contribution in [1.82, 2.24) is 15.0 Å². The van der Waals surface area contributed by atoms with Gasteiger partial charge in [-0.05, 0) is 42.0 Å². The SMILES string of the molecule is N#Cc1ccc(NC(=O)CSc2ncnc3c(-c4cccc(F)c4)c[nH]c23)cc1. The van der Waals surface area contributed by atoms with Crippen LogP contribution in [-0.4, -0.2) is 26.6 Å². The van der Waals surface area contributed by atoms with E-state index in [1.54, 1.807) is 36.5 Å². The van der Waals surface area contributed by atoms with Crippen LogP contribution in [0.4, 0.5) is 10.1 Å². The Hall–Kier alpha value is -3.70. The summed E-state index contributed by atoms with van der Waals surface area (Å²) in [6, 6.07) is 15.0. The number of nitrogens with zero attached hydrogens (tertiary/aromatic N) is 3. The highest BCUT2D eigenvalue weighted by Crippen LogP contribution is 2.31. The number of hydrogen-bond acceptors (Lipinski definition) is 5. The summed E-state index contributed by atoms with van der Waals surface area (Å²) in [4.78, 5) is 24.0. The number of nitriles is 1. The second kappa shape index (κ2) is 8.12. The molecular weight excluding hydrogens is 389 g/mol. The van der Waals surface area contributed by atoms with Gasteiger partial charge in [-0.25, -0.2) is 14.4 Å². The predicted octanol–water partition coefficient (Wildman–Crippen LogP) is 4.37. The summed E-state index contributed by atoms with van der Waals surface area (Å²) < 4.78 is 13.6. The number of carbonyl (C=O) groups is 1. The van der Waals surface area contributed by atoms with Crippen LogP contribution in [0, 0.1) is 17.1 Å². The predicted molar refractivity (Wildman–Crippen MR) is 110 cm³/mol. The largest absolute Gasteiger partial charge is 0.357 e. The third kappa shape index (κ3) is 4.10. The van der Waals surface area contributed by atoms with Crippen molar-refractivity contribution < 1.29 is 9.18 Å². The first-order valence-electron chi connectivity index (χ1n) is 8.65. The third-order valence-corrected chi connectivity index (χ3v) is 5.19. The quantitative estimate of drug-likeness (QED) is 0.381. The number of halogens is 1. The number of amides is 1. The molecule has 2 heterocycles. The highest BCUT2D eigenvalue weighted by molar-refractivity contribution is 8.00. The Morgan fingerprint density at radius 3 is 2.79 bits per heavy atom. The molecule has 0 saturated heterocycles. The van der Waals surface area contributed by atoms with Gasteiger partial charge in [-0.3, -0.25) is 4.79 Å². The Morgan fingerprint density at radius 1 is 1.21 bits per heavy atom. The first-order chi connectivity index (χ1) is 14.1. The molecule has 2 N–H and O–H groups in total. The van der Waals surface area contributed by atoms with Crippen molar-refractivity contribution in [3.05, 3.63) is 72.4 Å². The zero-order valence-corrected chi connectivity index (χ0v) is 15.8. The zero-order valence-electron chi connectivity index (χ0n) is 15.0. The van der Waals surface area contributed by atoms with E-state index in [0.717, 1.165) is 5.56 Å². The first-order valence-corrected chi connectivity index (χ1v) is 9.63. The smallest absolute Gasteiger partial charge is 0.234 e. The van der Waals surface area contributed by atoms with Crippen molar-refractivity contribution >= 4 is 34.4 Å². The molecule has 142 valence electrons. The molecule has 2 aromatic carbocycles. The van der Waals surface area contributed by atoms with Crippen molar-refractivity contribution in [3.63, 3.8) is 0 Å². The number of anilines is 1. The number of aromatic nitrogens is 3. The molecule has 8 heteroatoms. The summed E-state index contributed by atoms with van der Waals surface area (Å²) in [5.74, 6) is -0.358. The summed E-state index contributed by atoms with van der Waals surface area (Å²) in [6.45, 7) is 0. The number of rotatable bonds is 5. The van der Waals surface area contributed by atoms with Crippen molar-refractivity contribution in [2.24, 2.45) is 0 Å². The molecule has 0 aliphatic heterocycles. The van der Waals surface area contributed by atoms with E-state index in [4.69, 9.17) is 5.26 Å². The van der Waals surface area contributed by atoms with Gasteiger partial charge in [0, 0.05) is 17.4 Å². The minimum Gasteiger partial charge on any atom is -0.357 e. The number of carbonyl (C=O) groups excluding carboxylic acids is 1. The number of nitrogens with one attached hydrogen (secondary N) is 2. The van der Waals surface area contributed by atoms with E-state index in [2.05, 4.69) is 20.3 Å². The van der Waals surface area contributed by atoms with E-state index < -0.39 is 0 Å². The molecule has 0 atom stereocenters. The van der Waals surface area contributed by atoms with Crippen molar-refractivity contribution in [1.29, 1.82) is 5.26 Å². The fourth-order valence-electron chi connectivity index (χ4n) is 2.86. The Labute approximate surface area is 169 Å². The number of aromatic amines is 1. The number of H-pyrrole nitrogens is 1. The molecule has 0 unspecified atom stereocenters. The van der Waals surface area contributed by atoms with Crippen molar-refractivity contribution in [2.45, 2.75) is 5.03 Å². The topological polar surface area (TPSA) is 94.5 Å². The second-order valence-corrected chi connectivity index (χ2v) is 7.11. The highest BCUT2D eigenvalue weighted by Gasteiger charge is 2.14. The number of hydrogen-bond donors (Lipinski definition) is 2. The van der Waals surface area contributed by atoms with Crippen molar-refractivity contribution in [2.75, 3.05) is 11.1 Å². The molecule has 0 bridgehead atoms. The van der Waals surface area contributed by atoms with Gasteiger partial charge >= 0.3 is 0 Å². The van der Waals surface area contributed by atoms with Crippen LogP contribution in [0.15, 0.2) is 66.1 Å². The van der Waals surface area contributed by atoms with Crippen LogP contribution < -0.4 is 5.32 Å². The number of benzene rings is 2. The van der Waals surface area contributed by atoms with E-state index in [1.165, 1.54) is 30.2 Å². The summed E-state index contributed by atoms with van der Waals surface area (Å²) >= 11 is 1.28. The van der Waals surface area contributed by atoms with Crippen LogP contribution in [0.5, 0.6) is 0 Å². The lowest BCUT2D eigenvalue weighted by molar-refractivity contribution is -0.113. The molecule has 0 saturated carbocycles. The Kier molecular flexibility index (Phi) is 5.22. The standard InChI is InChI=1S/C21H14FN5OS/c22-15-3-1-2-14(8-15)17-10-24-20-19(17)25-12-26-21(20)29-11-18(28)27-16-6-4-13(9-23)5-7-16/h1-8,10,12,24H,11H2,(H,27,28). The van der Waals surface area contributed by atoms with Crippen LogP contribution in [0.25, 0.3) is 22.2 Å². The Balaban J connectivity index is 1.49. The van der Waals surface area contributed by atoms with Gasteiger partial charge in [0.1, 0.15) is 22.7 Å². The summed E-state index contributed by atoms with van der Waals surface area (Å²) in [5.41, 5.74) is 4.00. The van der Waals surface area contributed by atoms with Gasteiger partial charge in [0.2, 0.25) is 5.91 Å². The van der Waals surface area contributed by atoms with E-state index >= 15 is 0 Å².